The average molecular weight is 296 g/mol. The molecular formula is C7H10BrN3O3S. The molecule has 1 aromatic heterocycles. The molecule has 0 bridgehead atoms. The summed E-state index contributed by atoms with van der Waals surface area (Å²) in [7, 11) is 2.93. The van der Waals surface area contributed by atoms with Gasteiger partial charge in [0.05, 0.1) is 7.11 Å². The van der Waals surface area contributed by atoms with E-state index < -0.39 is 4.83 Å². The van der Waals surface area contributed by atoms with Crippen LogP contribution in [-0.4, -0.2) is 38.4 Å². The minimum Gasteiger partial charge on any atom is -0.468 e. The molecule has 0 aliphatic rings. The van der Waals surface area contributed by atoms with Crippen LogP contribution in [0.1, 0.15) is 0 Å². The maximum Gasteiger partial charge on any atom is 0.343 e. The molecule has 15 heavy (non-hydrogen) atoms. The van der Waals surface area contributed by atoms with Crippen LogP contribution in [0, 0.1) is 0 Å². The van der Waals surface area contributed by atoms with Gasteiger partial charge in [-0.2, -0.15) is 0 Å². The largest absolute Gasteiger partial charge is 0.468 e. The molecule has 8 heteroatoms. The Kier molecular flexibility index (Phi) is 4.40. The van der Waals surface area contributed by atoms with E-state index in [1.54, 1.807) is 7.05 Å². The SMILES string of the molecule is COC(=O)C(Br)CSc1n[nH]c(=O)n1C. The highest BCUT2D eigenvalue weighted by molar-refractivity contribution is 9.10. The maximum atomic E-state index is 11.0. The number of H-pyrrole nitrogens is 1. The number of aromatic nitrogens is 3. The molecule has 84 valence electrons. The first-order chi connectivity index (χ1) is 7.06. The summed E-state index contributed by atoms with van der Waals surface area (Å²) in [6, 6.07) is 0. The van der Waals surface area contributed by atoms with Crippen LogP contribution in [0.5, 0.6) is 0 Å². The third kappa shape index (κ3) is 3.10. The molecule has 1 aromatic rings. The summed E-state index contributed by atoms with van der Waals surface area (Å²) in [6.45, 7) is 0. The van der Waals surface area contributed by atoms with Crippen LogP contribution < -0.4 is 5.69 Å². The molecule has 1 heterocycles. The lowest BCUT2D eigenvalue weighted by Crippen LogP contribution is -2.18. The van der Waals surface area contributed by atoms with E-state index in [1.807, 2.05) is 0 Å². The molecular weight excluding hydrogens is 286 g/mol. The number of methoxy groups -OCH3 is 1. The van der Waals surface area contributed by atoms with Gasteiger partial charge < -0.3 is 4.74 Å². The fourth-order valence-electron chi connectivity index (χ4n) is 0.805. The van der Waals surface area contributed by atoms with Gasteiger partial charge in [0.25, 0.3) is 0 Å². The Morgan fingerprint density at radius 2 is 2.47 bits per heavy atom. The van der Waals surface area contributed by atoms with Crippen molar-refractivity contribution in [3.05, 3.63) is 10.5 Å². The summed E-state index contributed by atoms with van der Waals surface area (Å²) >= 11 is 4.46. The second-order valence-corrected chi connectivity index (χ2v) is 4.76. The van der Waals surface area contributed by atoms with E-state index in [0.717, 1.165) is 0 Å². The number of thioether (sulfide) groups is 1. The molecule has 0 saturated heterocycles. The Balaban J connectivity index is 2.54. The first kappa shape index (κ1) is 12.3. The topological polar surface area (TPSA) is 77.0 Å². The van der Waals surface area contributed by atoms with E-state index in [9.17, 15) is 9.59 Å². The van der Waals surface area contributed by atoms with Crippen molar-refractivity contribution in [3.8, 4) is 0 Å². The predicted molar refractivity (Wildman–Crippen MR) is 59.3 cm³/mol. The molecule has 1 unspecified atom stereocenters. The molecule has 0 radical (unpaired) electrons. The molecule has 0 amide bonds. The standard InChI is InChI=1S/C7H10BrN3O3S/c1-11-6(13)9-10-7(11)15-3-4(8)5(12)14-2/h4H,3H2,1-2H3,(H,9,13). The van der Waals surface area contributed by atoms with E-state index in [0.29, 0.717) is 10.9 Å². The minimum absolute atomic E-state index is 0.276. The van der Waals surface area contributed by atoms with Crippen LogP contribution >= 0.6 is 27.7 Å². The Morgan fingerprint density at radius 3 is 2.93 bits per heavy atom. The minimum atomic E-state index is -0.403. The summed E-state index contributed by atoms with van der Waals surface area (Å²) in [6.07, 6.45) is 0. The maximum absolute atomic E-state index is 11.0. The monoisotopic (exact) mass is 295 g/mol. The van der Waals surface area contributed by atoms with Crippen molar-refractivity contribution in [2.45, 2.75) is 9.98 Å². The van der Waals surface area contributed by atoms with Gasteiger partial charge in [0.15, 0.2) is 5.16 Å². The van der Waals surface area contributed by atoms with Gasteiger partial charge in [-0.25, -0.2) is 9.89 Å². The van der Waals surface area contributed by atoms with Crippen molar-refractivity contribution >= 4 is 33.7 Å². The molecule has 1 N–H and O–H groups in total. The summed E-state index contributed by atoms with van der Waals surface area (Å²) in [4.78, 5) is 21.6. The van der Waals surface area contributed by atoms with Gasteiger partial charge in [0.1, 0.15) is 4.83 Å². The van der Waals surface area contributed by atoms with Crippen molar-refractivity contribution in [1.82, 2.24) is 14.8 Å². The second-order valence-electron chi connectivity index (χ2n) is 2.67. The van der Waals surface area contributed by atoms with Gasteiger partial charge in [-0.1, -0.05) is 27.7 Å². The van der Waals surface area contributed by atoms with Crippen LogP contribution in [0.3, 0.4) is 0 Å². The van der Waals surface area contributed by atoms with E-state index in [-0.39, 0.29) is 11.7 Å². The molecule has 1 atom stereocenters. The average Bonchev–Trinajstić information content (AvgIpc) is 2.55. The first-order valence-electron chi connectivity index (χ1n) is 4.02. The third-order valence-corrected chi connectivity index (χ3v) is 3.90. The number of halogens is 1. The molecule has 0 spiro atoms. The molecule has 6 nitrogen and oxygen atoms in total. The third-order valence-electron chi connectivity index (χ3n) is 1.65. The van der Waals surface area contributed by atoms with Gasteiger partial charge >= 0.3 is 11.7 Å². The predicted octanol–water partition coefficient (Wildman–Crippen LogP) is 0.137. The number of alkyl halides is 1. The van der Waals surface area contributed by atoms with E-state index in [2.05, 4.69) is 30.9 Å². The van der Waals surface area contributed by atoms with E-state index in [4.69, 9.17) is 0 Å². The van der Waals surface area contributed by atoms with Crippen molar-refractivity contribution in [2.24, 2.45) is 7.05 Å². The summed E-state index contributed by atoms with van der Waals surface area (Å²) in [5, 5.41) is 6.63. The second kappa shape index (κ2) is 5.36. The summed E-state index contributed by atoms with van der Waals surface area (Å²) < 4.78 is 5.92. The summed E-state index contributed by atoms with van der Waals surface area (Å²) in [5.41, 5.74) is -0.276. The van der Waals surface area contributed by atoms with E-state index >= 15 is 0 Å². The normalized spacial score (nSPS) is 12.5. The number of ether oxygens (including phenoxy) is 1. The van der Waals surface area contributed by atoms with Gasteiger partial charge in [0.2, 0.25) is 0 Å². The molecule has 0 aliphatic carbocycles. The summed E-state index contributed by atoms with van der Waals surface area (Å²) in [5.74, 6) is 0.105. The van der Waals surface area contributed by atoms with Crippen LogP contribution in [0.15, 0.2) is 9.95 Å². The van der Waals surface area contributed by atoms with Crippen molar-refractivity contribution < 1.29 is 9.53 Å². The molecule has 0 aliphatic heterocycles. The Hall–Kier alpha value is -0.760. The Morgan fingerprint density at radius 1 is 1.80 bits per heavy atom. The fraction of sp³-hybridized carbons (Fsp3) is 0.571. The van der Waals surface area contributed by atoms with E-state index in [1.165, 1.54) is 23.4 Å². The molecule has 0 fully saturated rings. The Labute approximate surface area is 98.5 Å². The number of hydrogen-bond acceptors (Lipinski definition) is 5. The highest BCUT2D eigenvalue weighted by atomic mass is 79.9. The van der Waals surface area contributed by atoms with Crippen LogP contribution in [-0.2, 0) is 16.6 Å². The zero-order chi connectivity index (χ0) is 11.4. The fourth-order valence-corrected chi connectivity index (χ4v) is 2.21. The highest BCUT2D eigenvalue weighted by Crippen LogP contribution is 2.17. The zero-order valence-electron chi connectivity index (χ0n) is 8.19. The lowest BCUT2D eigenvalue weighted by molar-refractivity contribution is -0.139. The van der Waals surface area contributed by atoms with Crippen LogP contribution in [0.4, 0.5) is 0 Å². The van der Waals surface area contributed by atoms with Crippen LogP contribution in [0.2, 0.25) is 0 Å². The zero-order valence-corrected chi connectivity index (χ0v) is 10.6. The number of esters is 1. The van der Waals surface area contributed by atoms with Crippen molar-refractivity contribution in [2.75, 3.05) is 12.9 Å². The molecule has 0 saturated carbocycles. The van der Waals surface area contributed by atoms with Gasteiger partial charge in [-0.3, -0.25) is 9.36 Å². The first-order valence-corrected chi connectivity index (χ1v) is 5.92. The Bertz CT molecular complexity index is 402. The number of rotatable bonds is 4. The van der Waals surface area contributed by atoms with Gasteiger partial charge in [-0.15, -0.1) is 5.10 Å². The number of nitrogens with one attached hydrogen (secondary N) is 1. The number of nitrogens with zero attached hydrogens (tertiary/aromatic N) is 2. The number of carbonyl (C=O) groups is 1. The lowest BCUT2D eigenvalue weighted by atomic mass is 10.5. The van der Waals surface area contributed by atoms with Crippen molar-refractivity contribution in [3.63, 3.8) is 0 Å². The highest BCUT2D eigenvalue weighted by Gasteiger charge is 2.16. The van der Waals surface area contributed by atoms with Gasteiger partial charge in [-0.05, 0) is 0 Å². The number of carbonyl (C=O) groups excluding carboxylic acids is 1. The molecule has 0 aromatic carbocycles. The number of aromatic amines is 1. The van der Waals surface area contributed by atoms with Gasteiger partial charge in [0, 0.05) is 12.8 Å². The molecule has 1 rings (SSSR count). The smallest absolute Gasteiger partial charge is 0.343 e. The number of hydrogen-bond donors (Lipinski definition) is 1. The lowest BCUT2D eigenvalue weighted by Gasteiger charge is -2.05. The van der Waals surface area contributed by atoms with Crippen LogP contribution in [0.25, 0.3) is 0 Å². The quantitative estimate of drug-likeness (QED) is 0.486. The van der Waals surface area contributed by atoms with Crippen molar-refractivity contribution in [1.29, 1.82) is 0 Å².